The molecule has 1 atom stereocenters. The Kier molecular flexibility index (Phi) is 4.83. The number of amides is 1. The van der Waals surface area contributed by atoms with Gasteiger partial charge in [-0.05, 0) is 37.4 Å². The summed E-state index contributed by atoms with van der Waals surface area (Å²) in [6.07, 6.45) is 3.43. The first-order valence-electron chi connectivity index (χ1n) is 9.36. The van der Waals surface area contributed by atoms with Gasteiger partial charge in [0, 0.05) is 51.0 Å². The summed E-state index contributed by atoms with van der Waals surface area (Å²) in [5, 5.41) is 3.45. The Hall–Kier alpha value is -1.43. The van der Waals surface area contributed by atoms with E-state index in [4.69, 9.17) is 0 Å². The van der Waals surface area contributed by atoms with Crippen LogP contribution in [0.15, 0.2) is 24.3 Å². The number of carbonyl (C=O) groups excluding carboxylic acids is 1. The van der Waals surface area contributed by atoms with Gasteiger partial charge in [0.25, 0.3) is 0 Å². The maximum atomic E-state index is 12.8. The Morgan fingerprint density at radius 1 is 1.12 bits per heavy atom. The van der Waals surface area contributed by atoms with Crippen molar-refractivity contribution in [2.45, 2.75) is 25.3 Å². The maximum Gasteiger partial charge on any atom is 0.241 e. The molecule has 0 spiro atoms. The lowest BCUT2D eigenvalue weighted by Gasteiger charge is -2.38. The molecule has 2 saturated heterocycles. The summed E-state index contributed by atoms with van der Waals surface area (Å²) in [4.78, 5) is 19.8. The van der Waals surface area contributed by atoms with Crippen LogP contribution in [0, 0.1) is 0 Å². The highest BCUT2D eigenvalue weighted by atomic mass is 16.2. The molecule has 1 aromatic rings. The van der Waals surface area contributed by atoms with Crippen LogP contribution in [0.5, 0.6) is 0 Å². The minimum absolute atomic E-state index is 0.262. The van der Waals surface area contributed by atoms with Crippen LogP contribution >= 0.6 is 0 Å². The molecular weight excluding hydrogens is 300 g/mol. The van der Waals surface area contributed by atoms with Crippen LogP contribution in [0.4, 0.5) is 5.69 Å². The minimum Gasteiger partial charge on any atom is -0.315 e. The monoisotopic (exact) mass is 328 g/mol. The summed E-state index contributed by atoms with van der Waals surface area (Å²) < 4.78 is 0. The summed E-state index contributed by atoms with van der Waals surface area (Å²) in [6.45, 7) is 7.91. The predicted octanol–water partition coefficient (Wildman–Crippen LogP) is 0.945. The molecule has 3 heterocycles. The van der Waals surface area contributed by atoms with E-state index in [1.54, 1.807) is 0 Å². The number of hydrogen-bond donors (Lipinski definition) is 1. The molecule has 1 N–H and O–H groups in total. The maximum absolute atomic E-state index is 12.8. The largest absolute Gasteiger partial charge is 0.315 e. The van der Waals surface area contributed by atoms with Gasteiger partial charge in [-0.1, -0.05) is 18.2 Å². The number of hydrogen-bond acceptors (Lipinski definition) is 4. The fraction of sp³-hybridized carbons (Fsp3) is 0.632. The van der Waals surface area contributed by atoms with Gasteiger partial charge in [-0.15, -0.1) is 0 Å². The molecule has 1 amide bonds. The Bertz CT molecular complexity index is 576. The van der Waals surface area contributed by atoms with E-state index in [2.05, 4.69) is 33.3 Å². The highest BCUT2D eigenvalue weighted by Crippen LogP contribution is 2.26. The minimum atomic E-state index is 0.262. The second-order valence-electron chi connectivity index (χ2n) is 7.24. The first kappa shape index (κ1) is 16.1. The van der Waals surface area contributed by atoms with Crippen molar-refractivity contribution in [3.8, 4) is 0 Å². The average molecular weight is 328 g/mol. The molecule has 3 aliphatic heterocycles. The van der Waals surface area contributed by atoms with Gasteiger partial charge in [0.1, 0.15) is 0 Å². The summed E-state index contributed by atoms with van der Waals surface area (Å²) >= 11 is 0. The third-order valence-corrected chi connectivity index (χ3v) is 5.73. The standard InChI is InChI=1S/C19H28N4O/c24-19(23-9-3-5-16-4-1-2-6-18(16)23)15-21-10-12-22(13-11-21)17-7-8-20-14-17/h1-2,4,6,17,20H,3,5,7-15H2. The normalized spacial score (nSPS) is 25.7. The predicted molar refractivity (Wildman–Crippen MR) is 96.4 cm³/mol. The number of carbonyl (C=O) groups is 1. The van der Waals surface area contributed by atoms with Crippen molar-refractivity contribution in [2.75, 3.05) is 57.3 Å². The lowest BCUT2D eigenvalue weighted by molar-refractivity contribution is -0.120. The molecule has 1 aromatic carbocycles. The first-order valence-corrected chi connectivity index (χ1v) is 9.36. The topological polar surface area (TPSA) is 38.8 Å². The zero-order chi connectivity index (χ0) is 16.4. The smallest absolute Gasteiger partial charge is 0.241 e. The van der Waals surface area contributed by atoms with Crippen LogP contribution in [0.3, 0.4) is 0 Å². The Morgan fingerprint density at radius 3 is 2.75 bits per heavy atom. The van der Waals surface area contributed by atoms with Crippen LogP contribution in [-0.2, 0) is 11.2 Å². The number of nitrogens with one attached hydrogen (secondary N) is 1. The Labute approximate surface area is 144 Å². The van der Waals surface area contributed by atoms with Gasteiger partial charge >= 0.3 is 0 Å². The first-order chi connectivity index (χ1) is 11.8. The highest BCUT2D eigenvalue weighted by Gasteiger charge is 2.28. The van der Waals surface area contributed by atoms with Crippen molar-refractivity contribution in [1.82, 2.24) is 15.1 Å². The van der Waals surface area contributed by atoms with Crippen molar-refractivity contribution in [3.63, 3.8) is 0 Å². The zero-order valence-electron chi connectivity index (χ0n) is 14.4. The van der Waals surface area contributed by atoms with E-state index in [-0.39, 0.29) is 5.91 Å². The van der Waals surface area contributed by atoms with Crippen molar-refractivity contribution >= 4 is 11.6 Å². The molecule has 24 heavy (non-hydrogen) atoms. The number of fused-ring (bicyclic) bond motifs is 1. The molecule has 3 aliphatic rings. The lowest BCUT2D eigenvalue weighted by atomic mass is 10.0. The van der Waals surface area contributed by atoms with Crippen molar-refractivity contribution in [3.05, 3.63) is 29.8 Å². The molecule has 0 radical (unpaired) electrons. The average Bonchev–Trinajstić information content (AvgIpc) is 3.16. The van der Waals surface area contributed by atoms with Crippen LogP contribution in [0.1, 0.15) is 18.4 Å². The number of nitrogens with zero attached hydrogens (tertiary/aromatic N) is 3. The fourth-order valence-electron chi connectivity index (χ4n) is 4.31. The van der Waals surface area contributed by atoms with Crippen LogP contribution < -0.4 is 10.2 Å². The quantitative estimate of drug-likeness (QED) is 0.897. The van der Waals surface area contributed by atoms with Crippen molar-refractivity contribution < 1.29 is 4.79 Å². The number of aryl methyl sites for hydroxylation is 1. The van der Waals surface area contributed by atoms with E-state index in [1.807, 2.05) is 11.0 Å². The van der Waals surface area contributed by atoms with Crippen molar-refractivity contribution in [1.29, 1.82) is 0 Å². The highest BCUT2D eigenvalue weighted by molar-refractivity contribution is 5.95. The van der Waals surface area contributed by atoms with Gasteiger partial charge in [0.05, 0.1) is 6.54 Å². The molecule has 5 heteroatoms. The van der Waals surface area contributed by atoms with Gasteiger partial charge in [-0.3, -0.25) is 14.6 Å². The molecule has 0 saturated carbocycles. The number of para-hydroxylation sites is 1. The van der Waals surface area contributed by atoms with Gasteiger partial charge in [0.2, 0.25) is 5.91 Å². The lowest BCUT2D eigenvalue weighted by Crippen LogP contribution is -2.53. The fourth-order valence-corrected chi connectivity index (χ4v) is 4.31. The van der Waals surface area contributed by atoms with Crippen LogP contribution in [-0.4, -0.2) is 74.1 Å². The summed E-state index contributed by atoms with van der Waals surface area (Å²) in [6, 6.07) is 9.07. The number of anilines is 1. The molecular formula is C19H28N4O. The van der Waals surface area contributed by atoms with Gasteiger partial charge < -0.3 is 10.2 Å². The zero-order valence-corrected chi connectivity index (χ0v) is 14.4. The molecule has 5 nitrogen and oxygen atoms in total. The van der Waals surface area contributed by atoms with Crippen molar-refractivity contribution in [2.24, 2.45) is 0 Å². The number of benzene rings is 1. The summed E-state index contributed by atoms with van der Waals surface area (Å²) in [5.74, 6) is 0.262. The molecule has 0 aromatic heterocycles. The molecule has 130 valence electrons. The van der Waals surface area contributed by atoms with Crippen LogP contribution in [0.25, 0.3) is 0 Å². The third-order valence-electron chi connectivity index (χ3n) is 5.73. The van der Waals surface area contributed by atoms with Gasteiger partial charge in [-0.2, -0.15) is 0 Å². The molecule has 4 rings (SSSR count). The van der Waals surface area contributed by atoms with E-state index in [0.29, 0.717) is 12.6 Å². The van der Waals surface area contributed by atoms with E-state index in [1.165, 1.54) is 12.0 Å². The molecule has 0 bridgehead atoms. The second-order valence-corrected chi connectivity index (χ2v) is 7.24. The Morgan fingerprint density at radius 2 is 1.96 bits per heavy atom. The van der Waals surface area contributed by atoms with Gasteiger partial charge in [-0.25, -0.2) is 0 Å². The number of piperazine rings is 1. The van der Waals surface area contributed by atoms with Gasteiger partial charge in [0.15, 0.2) is 0 Å². The SMILES string of the molecule is O=C(CN1CCN(C2CCNC2)CC1)N1CCCc2ccccc21. The summed E-state index contributed by atoms with van der Waals surface area (Å²) in [7, 11) is 0. The van der Waals surface area contributed by atoms with E-state index in [0.717, 1.165) is 64.3 Å². The summed E-state index contributed by atoms with van der Waals surface area (Å²) in [5.41, 5.74) is 2.44. The molecule has 0 aliphatic carbocycles. The number of rotatable bonds is 3. The van der Waals surface area contributed by atoms with Crippen LogP contribution in [0.2, 0.25) is 0 Å². The third kappa shape index (κ3) is 3.34. The van der Waals surface area contributed by atoms with E-state index in [9.17, 15) is 4.79 Å². The molecule has 2 fully saturated rings. The molecule has 1 unspecified atom stereocenters. The van der Waals surface area contributed by atoms with E-state index < -0.39 is 0 Å². The Balaban J connectivity index is 1.33. The second kappa shape index (κ2) is 7.21. The van der Waals surface area contributed by atoms with E-state index >= 15 is 0 Å².